The predicted molar refractivity (Wildman–Crippen MR) is 99.1 cm³/mol. The number of aryl methyl sites for hydroxylation is 1. The first kappa shape index (κ1) is 16.3. The van der Waals surface area contributed by atoms with Gasteiger partial charge in [0, 0.05) is 13.1 Å². The van der Waals surface area contributed by atoms with Gasteiger partial charge in [0.25, 0.3) is 5.56 Å². The molecule has 2 unspecified atom stereocenters. The number of fused-ring (bicyclic) bond motifs is 3. The molecule has 1 amide bonds. The van der Waals surface area contributed by atoms with Gasteiger partial charge in [0.05, 0.1) is 10.2 Å². The number of likely N-dealkylation sites (tertiary alicyclic amines) is 1. The molecule has 1 aliphatic rings. The van der Waals surface area contributed by atoms with Crippen molar-refractivity contribution in [1.29, 1.82) is 0 Å². The minimum Gasteiger partial charge on any atom is -0.341 e. The van der Waals surface area contributed by atoms with Crippen LogP contribution < -0.4 is 5.56 Å². The molecule has 0 aliphatic carbocycles. The monoisotopic (exact) mass is 358 g/mol. The summed E-state index contributed by atoms with van der Waals surface area (Å²) < 4.78 is 4.26. The van der Waals surface area contributed by atoms with Crippen molar-refractivity contribution in [3.05, 3.63) is 33.7 Å². The van der Waals surface area contributed by atoms with E-state index in [-0.39, 0.29) is 18.0 Å². The van der Waals surface area contributed by atoms with E-state index < -0.39 is 0 Å². The van der Waals surface area contributed by atoms with Gasteiger partial charge in [0.2, 0.25) is 5.91 Å². The third-order valence-corrected chi connectivity index (χ3v) is 5.83. The fraction of sp³-hybridized carbons (Fsp3) is 0.500. The lowest BCUT2D eigenvalue weighted by Gasteiger charge is -2.35. The second-order valence-corrected chi connectivity index (χ2v) is 8.24. The Morgan fingerprint density at radius 1 is 1.28 bits per heavy atom. The highest BCUT2D eigenvalue weighted by Crippen LogP contribution is 2.24. The van der Waals surface area contributed by atoms with E-state index in [2.05, 4.69) is 18.9 Å². The van der Waals surface area contributed by atoms with Crippen LogP contribution in [0.4, 0.5) is 0 Å². The molecule has 1 aliphatic heterocycles. The Bertz CT molecular complexity index is 1010. The molecule has 1 fully saturated rings. The zero-order valence-corrected chi connectivity index (χ0v) is 15.5. The SMILES string of the molecule is Cc1nn(CC(=O)N2CC(C)CC(C)C2)c(=O)c2cc3sccc3n12. The van der Waals surface area contributed by atoms with Gasteiger partial charge >= 0.3 is 0 Å². The van der Waals surface area contributed by atoms with E-state index in [1.165, 1.54) is 4.68 Å². The van der Waals surface area contributed by atoms with Gasteiger partial charge in [-0.15, -0.1) is 11.3 Å². The Morgan fingerprint density at radius 3 is 2.72 bits per heavy atom. The predicted octanol–water partition coefficient (Wildman–Crippen LogP) is 2.52. The largest absolute Gasteiger partial charge is 0.341 e. The summed E-state index contributed by atoms with van der Waals surface area (Å²) in [6.45, 7) is 7.75. The Morgan fingerprint density at radius 2 is 2.00 bits per heavy atom. The smallest absolute Gasteiger partial charge is 0.291 e. The highest BCUT2D eigenvalue weighted by atomic mass is 32.1. The lowest BCUT2D eigenvalue weighted by molar-refractivity contribution is -0.134. The van der Waals surface area contributed by atoms with E-state index in [1.54, 1.807) is 11.3 Å². The van der Waals surface area contributed by atoms with E-state index in [9.17, 15) is 9.59 Å². The van der Waals surface area contributed by atoms with Gasteiger partial charge in [-0.05, 0) is 42.7 Å². The zero-order chi connectivity index (χ0) is 17.7. The van der Waals surface area contributed by atoms with Crippen molar-refractivity contribution >= 4 is 33.0 Å². The zero-order valence-electron chi connectivity index (χ0n) is 14.7. The van der Waals surface area contributed by atoms with Gasteiger partial charge in [-0.3, -0.25) is 14.0 Å². The second-order valence-electron chi connectivity index (χ2n) is 7.29. The van der Waals surface area contributed by atoms with Crippen molar-refractivity contribution in [3.63, 3.8) is 0 Å². The summed E-state index contributed by atoms with van der Waals surface area (Å²) in [5.41, 5.74) is 1.38. The molecule has 3 aromatic heterocycles. The van der Waals surface area contributed by atoms with Gasteiger partial charge in [0.15, 0.2) is 0 Å². The molecule has 7 heteroatoms. The van der Waals surface area contributed by atoms with Crippen molar-refractivity contribution in [2.45, 2.75) is 33.7 Å². The first-order valence-corrected chi connectivity index (χ1v) is 9.56. The lowest BCUT2D eigenvalue weighted by atomic mass is 9.92. The van der Waals surface area contributed by atoms with Crippen LogP contribution in [0.25, 0.3) is 15.7 Å². The summed E-state index contributed by atoms with van der Waals surface area (Å²) >= 11 is 1.60. The van der Waals surface area contributed by atoms with E-state index in [0.29, 0.717) is 17.4 Å². The average molecular weight is 358 g/mol. The summed E-state index contributed by atoms with van der Waals surface area (Å²) in [4.78, 5) is 27.4. The molecule has 4 rings (SSSR count). The average Bonchev–Trinajstić information content (AvgIpc) is 3.12. The Balaban J connectivity index is 1.68. The number of amides is 1. The number of aromatic nitrogens is 3. The molecule has 0 N–H and O–H groups in total. The van der Waals surface area contributed by atoms with Crippen molar-refractivity contribution < 1.29 is 4.79 Å². The standard InChI is InChI=1S/C18H22N4O2S/c1-11-6-12(2)9-20(8-11)17(23)10-21-18(24)15-7-16-14(4-5-25-16)22(15)13(3)19-21/h4-5,7,11-12H,6,8-10H2,1-3H3. The van der Waals surface area contributed by atoms with Crippen LogP contribution in [0.3, 0.4) is 0 Å². The van der Waals surface area contributed by atoms with E-state index in [1.807, 2.05) is 33.7 Å². The maximum absolute atomic E-state index is 12.8. The number of piperidine rings is 1. The van der Waals surface area contributed by atoms with Gasteiger partial charge in [-0.25, -0.2) is 4.68 Å². The molecular formula is C18H22N4O2S. The van der Waals surface area contributed by atoms with Crippen molar-refractivity contribution in [3.8, 4) is 0 Å². The number of nitrogens with zero attached hydrogens (tertiary/aromatic N) is 4. The normalized spacial score (nSPS) is 21.3. The Hall–Kier alpha value is -2.15. The lowest BCUT2D eigenvalue weighted by Crippen LogP contribution is -2.45. The van der Waals surface area contributed by atoms with E-state index in [4.69, 9.17) is 0 Å². The van der Waals surface area contributed by atoms with Crippen LogP contribution in [-0.2, 0) is 11.3 Å². The maximum Gasteiger partial charge on any atom is 0.291 e. The minimum absolute atomic E-state index is 0.00838. The number of rotatable bonds is 2. The number of hydrogen-bond donors (Lipinski definition) is 0. The molecule has 4 heterocycles. The molecule has 25 heavy (non-hydrogen) atoms. The van der Waals surface area contributed by atoms with Crippen LogP contribution >= 0.6 is 11.3 Å². The van der Waals surface area contributed by atoms with E-state index in [0.717, 1.165) is 35.6 Å². The number of carbonyl (C=O) groups excluding carboxylic acids is 1. The second kappa shape index (κ2) is 5.98. The molecule has 0 radical (unpaired) electrons. The molecule has 0 saturated carbocycles. The highest BCUT2D eigenvalue weighted by molar-refractivity contribution is 7.17. The topological polar surface area (TPSA) is 59.6 Å². The van der Waals surface area contributed by atoms with Crippen molar-refractivity contribution in [2.75, 3.05) is 13.1 Å². The fourth-order valence-corrected chi connectivity index (χ4v) is 4.83. The summed E-state index contributed by atoms with van der Waals surface area (Å²) in [7, 11) is 0. The molecule has 0 bridgehead atoms. The summed E-state index contributed by atoms with van der Waals surface area (Å²) in [6, 6.07) is 3.89. The van der Waals surface area contributed by atoms with Gasteiger partial charge in [-0.1, -0.05) is 13.8 Å². The molecule has 2 atom stereocenters. The van der Waals surface area contributed by atoms with Crippen LogP contribution in [0.5, 0.6) is 0 Å². The van der Waals surface area contributed by atoms with Crippen LogP contribution in [0.15, 0.2) is 22.3 Å². The van der Waals surface area contributed by atoms with Gasteiger partial charge < -0.3 is 4.90 Å². The first-order valence-electron chi connectivity index (χ1n) is 8.68. The minimum atomic E-state index is -0.208. The first-order chi connectivity index (χ1) is 11.9. The molecule has 132 valence electrons. The highest BCUT2D eigenvalue weighted by Gasteiger charge is 2.26. The Labute approximate surface area is 149 Å². The number of hydrogen-bond acceptors (Lipinski definition) is 4. The summed E-state index contributed by atoms with van der Waals surface area (Å²) in [5, 5.41) is 6.40. The fourth-order valence-electron chi connectivity index (χ4n) is 4.03. The van der Waals surface area contributed by atoms with Gasteiger partial charge in [-0.2, -0.15) is 5.10 Å². The molecule has 3 aromatic rings. The van der Waals surface area contributed by atoms with E-state index >= 15 is 0 Å². The number of carbonyl (C=O) groups is 1. The third kappa shape index (κ3) is 2.76. The molecule has 0 spiro atoms. The van der Waals surface area contributed by atoms with Crippen LogP contribution in [0.2, 0.25) is 0 Å². The molecule has 6 nitrogen and oxygen atoms in total. The van der Waals surface area contributed by atoms with Crippen LogP contribution in [0.1, 0.15) is 26.1 Å². The quantitative estimate of drug-likeness (QED) is 0.707. The molecule has 0 aromatic carbocycles. The molecule has 1 saturated heterocycles. The van der Waals surface area contributed by atoms with Crippen molar-refractivity contribution in [2.24, 2.45) is 11.8 Å². The van der Waals surface area contributed by atoms with Crippen molar-refractivity contribution in [1.82, 2.24) is 19.1 Å². The Kier molecular flexibility index (Phi) is 3.91. The van der Waals surface area contributed by atoms with Gasteiger partial charge in [0.1, 0.15) is 17.9 Å². The third-order valence-electron chi connectivity index (χ3n) is 4.97. The van der Waals surface area contributed by atoms with Crippen LogP contribution in [0, 0.1) is 18.8 Å². The number of thiophene rings is 1. The summed E-state index contributed by atoms with van der Waals surface area (Å²) in [5.74, 6) is 1.69. The van der Waals surface area contributed by atoms with Crippen LogP contribution in [-0.4, -0.2) is 38.1 Å². The summed E-state index contributed by atoms with van der Waals surface area (Å²) in [6.07, 6.45) is 1.15. The maximum atomic E-state index is 12.8. The molecular weight excluding hydrogens is 336 g/mol.